The molecule has 1 amide bonds. The molecule has 1 N–H and O–H groups in total. The molecule has 130 valence electrons. The second kappa shape index (κ2) is 8.50. The number of rotatable bonds is 6. The standard InChI is InChI=1S/C22H19NO2S/c1-26-18-13-11-16(12-14-18)15-23-22(25)20-10-6-5-9-19(20)21(24)17-7-3-2-4-8-17/h2-14H,15H2,1H3,(H,23,25). The molecule has 3 nitrogen and oxygen atoms in total. The lowest BCUT2D eigenvalue weighted by atomic mass is 9.98. The van der Waals surface area contributed by atoms with Crippen molar-refractivity contribution >= 4 is 23.5 Å². The van der Waals surface area contributed by atoms with Crippen molar-refractivity contribution in [3.63, 3.8) is 0 Å². The van der Waals surface area contributed by atoms with Crippen LogP contribution >= 0.6 is 11.8 Å². The maximum Gasteiger partial charge on any atom is 0.252 e. The van der Waals surface area contributed by atoms with Crippen LogP contribution in [0.4, 0.5) is 0 Å². The number of nitrogens with one attached hydrogen (secondary N) is 1. The second-order valence-corrected chi connectivity index (χ2v) is 6.65. The fourth-order valence-electron chi connectivity index (χ4n) is 2.65. The van der Waals surface area contributed by atoms with Crippen LogP contribution in [-0.2, 0) is 6.54 Å². The van der Waals surface area contributed by atoms with Crippen molar-refractivity contribution in [3.8, 4) is 0 Å². The molecule has 3 aromatic carbocycles. The third-order valence-electron chi connectivity index (χ3n) is 4.06. The average molecular weight is 361 g/mol. The Morgan fingerprint density at radius 2 is 1.42 bits per heavy atom. The minimum absolute atomic E-state index is 0.152. The third-order valence-corrected chi connectivity index (χ3v) is 4.81. The molecule has 4 heteroatoms. The molecule has 0 saturated heterocycles. The Hall–Kier alpha value is -2.85. The van der Waals surface area contributed by atoms with Crippen LogP contribution < -0.4 is 5.32 Å². The summed E-state index contributed by atoms with van der Waals surface area (Å²) in [6.45, 7) is 0.418. The molecule has 0 aromatic heterocycles. The molecular formula is C22H19NO2S. The van der Waals surface area contributed by atoms with E-state index in [1.54, 1.807) is 48.2 Å². The zero-order chi connectivity index (χ0) is 18.4. The summed E-state index contributed by atoms with van der Waals surface area (Å²) in [5.41, 5.74) is 2.39. The summed E-state index contributed by atoms with van der Waals surface area (Å²) >= 11 is 1.68. The van der Waals surface area contributed by atoms with Crippen molar-refractivity contribution in [2.24, 2.45) is 0 Å². The summed E-state index contributed by atoms with van der Waals surface area (Å²) in [5.74, 6) is -0.403. The van der Waals surface area contributed by atoms with E-state index >= 15 is 0 Å². The smallest absolute Gasteiger partial charge is 0.252 e. The van der Waals surface area contributed by atoms with E-state index in [-0.39, 0.29) is 11.7 Å². The number of amides is 1. The zero-order valence-corrected chi connectivity index (χ0v) is 15.3. The number of thioether (sulfide) groups is 1. The Bertz CT molecular complexity index is 905. The number of hydrogen-bond acceptors (Lipinski definition) is 3. The second-order valence-electron chi connectivity index (χ2n) is 5.77. The van der Waals surface area contributed by atoms with E-state index in [1.165, 1.54) is 4.90 Å². The van der Waals surface area contributed by atoms with Gasteiger partial charge < -0.3 is 5.32 Å². The van der Waals surface area contributed by atoms with Gasteiger partial charge in [-0.1, -0.05) is 60.7 Å². The van der Waals surface area contributed by atoms with Crippen molar-refractivity contribution in [2.75, 3.05) is 6.26 Å². The lowest BCUT2D eigenvalue weighted by molar-refractivity contribution is 0.0939. The van der Waals surface area contributed by atoms with E-state index in [1.807, 2.05) is 48.7 Å². The Morgan fingerprint density at radius 3 is 2.08 bits per heavy atom. The van der Waals surface area contributed by atoms with Gasteiger partial charge in [-0.05, 0) is 30.0 Å². The monoisotopic (exact) mass is 361 g/mol. The molecular weight excluding hydrogens is 342 g/mol. The SMILES string of the molecule is CSc1ccc(CNC(=O)c2ccccc2C(=O)c2ccccc2)cc1. The van der Waals surface area contributed by atoms with Crippen molar-refractivity contribution in [1.29, 1.82) is 0 Å². The Morgan fingerprint density at radius 1 is 0.808 bits per heavy atom. The van der Waals surface area contributed by atoms with Gasteiger partial charge in [-0.3, -0.25) is 9.59 Å². The molecule has 0 heterocycles. The van der Waals surface area contributed by atoms with Gasteiger partial charge in [0, 0.05) is 22.6 Å². The highest BCUT2D eigenvalue weighted by atomic mass is 32.2. The maximum atomic E-state index is 12.7. The van der Waals surface area contributed by atoms with Gasteiger partial charge in [-0.15, -0.1) is 11.8 Å². The average Bonchev–Trinajstić information content (AvgIpc) is 2.72. The molecule has 0 radical (unpaired) electrons. The van der Waals surface area contributed by atoms with Crippen LogP contribution in [0.1, 0.15) is 31.8 Å². The fourth-order valence-corrected chi connectivity index (χ4v) is 3.05. The summed E-state index contributed by atoms with van der Waals surface area (Å²) in [6, 6.07) is 23.9. The molecule has 0 aliphatic carbocycles. The minimum atomic E-state index is -0.251. The third kappa shape index (κ3) is 4.21. The van der Waals surface area contributed by atoms with Gasteiger partial charge in [0.25, 0.3) is 5.91 Å². The van der Waals surface area contributed by atoms with Gasteiger partial charge in [0.2, 0.25) is 0 Å². The van der Waals surface area contributed by atoms with Gasteiger partial charge in [-0.25, -0.2) is 0 Å². The van der Waals surface area contributed by atoms with E-state index in [0.717, 1.165) is 5.56 Å². The predicted molar refractivity (Wildman–Crippen MR) is 106 cm³/mol. The molecule has 0 atom stereocenters. The Balaban J connectivity index is 1.76. The summed E-state index contributed by atoms with van der Waals surface area (Å²) in [5, 5.41) is 2.90. The van der Waals surface area contributed by atoms with Gasteiger partial charge in [0.15, 0.2) is 5.78 Å². The first-order valence-electron chi connectivity index (χ1n) is 8.29. The Labute approximate surface area is 157 Å². The fraction of sp³-hybridized carbons (Fsp3) is 0.0909. The lowest BCUT2D eigenvalue weighted by Crippen LogP contribution is -2.25. The van der Waals surface area contributed by atoms with Gasteiger partial charge >= 0.3 is 0 Å². The number of benzene rings is 3. The van der Waals surface area contributed by atoms with Crippen molar-refractivity contribution in [1.82, 2.24) is 5.32 Å². The van der Waals surface area contributed by atoms with E-state index in [2.05, 4.69) is 5.32 Å². The topological polar surface area (TPSA) is 46.2 Å². The van der Waals surface area contributed by atoms with Gasteiger partial charge in [0.05, 0.1) is 5.56 Å². The summed E-state index contributed by atoms with van der Waals surface area (Å²) in [7, 11) is 0. The molecule has 0 saturated carbocycles. The van der Waals surface area contributed by atoms with Crippen LogP contribution in [0.25, 0.3) is 0 Å². The summed E-state index contributed by atoms with van der Waals surface area (Å²) in [6.07, 6.45) is 2.03. The van der Waals surface area contributed by atoms with E-state index in [4.69, 9.17) is 0 Å². The van der Waals surface area contributed by atoms with Crippen molar-refractivity contribution in [2.45, 2.75) is 11.4 Å². The van der Waals surface area contributed by atoms with Crippen molar-refractivity contribution in [3.05, 3.63) is 101 Å². The molecule has 3 aromatic rings. The van der Waals surface area contributed by atoms with Crippen LogP contribution in [0, 0.1) is 0 Å². The molecule has 0 spiro atoms. The summed E-state index contributed by atoms with van der Waals surface area (Å²) < 4.78 is 0. The molecule has 0 fully saturated rings. The normalized spacial score (nSPS) is 10.3. The molecule has 0 aliphatic heterocycles. The van der Waals surface area contributed by atoms with E-state index < -0.39 is 0 Å². The van der Waals surface area contributed by atoms with Crippen LogP contribution in [0.15, 0.2) is 83.8 Å². The quantitative estimate of drug-likeness (QED) is 0.517. The first-order chi connectivity index (χ1) is 12.7. The van der Waals surface area contributed by atoms with E-state index in [9.17, 15) is 9.59 Å². The first-order valence-corrected chi connectivity index (χ1v) is 9.51. The number of carbonyl (C=O) groups excluding carboxylic acids is 2. The number of carbonyl (C=O) groups is 2. The predicted octanol–water partition coefficient (Wildman–Crippen LogP) is 4.57. The van der Waals surface area contributed by atoms with Crippen LogP contribution in [0.3, 0.4) is 0 Å². The molecule has 26 heavy (non-hydrogen) atoms. The highest BCUT2D eigenvalue weighted by Gasteiger charge is 2.17. The van der Waals surface area contributed by atoms with Crippen LogP contribution in [-0.4, -0.2) is 17.9 Å². The van der Waals surface area contributed by atoms with Crippen molar-refractivity contribution < 1.29 is 9.59 Å². The van der Waals surface area contributed by atoms with E-state index in [0.29, 0.717) is 23.2 Å². The zero-order valence-electron chi connectivity index (χ0n) is 14.4. The van der Waals surface area contributed by atoms with Crippen LogP contribution in [0.5, 0.6) is 0 Å². The molecule has 0 unspecified atom stereocenters. The minimum Gasteiger partial charge on any atom is -0.348 e. The number of hydrogen-bond donors (Lipinski definition) is 1. The first kappa shape index (κ1) is 18.0. The molecule has 0 aliphatic rings. The highest BCUT2D eigenvalue weighted by Crippen LogP contribution is 2.16. The van der Waals surface area contributed by atoms with Gasteiger partial charge in [-0.2, -0.15) is 0 Å². The maximum absolute atomic E-state index is 12.7. The van der Waals surface area contributed by atoms with Gasteiger partial charge in [0.1, 0.15) is 0 Å². The molecule has 0 bridgehead atoms. The highest BCUT2D eigenvalue weighted by molar-refractivity contribution is 7.98. The van der Waals surface area contributed by atoms with Crippen LogP contribution in [0.2, 0.25) is 0 Å². The molecule has 3 rings (SSSR count). The number of ketones is 1. The summed E-state index contributed by atoms with van der Waals surface area (Å²) in [4.78, 5) is 26.5. The lowest BCUT2D eigenvalue weighted by Gasteiger charge is -2.10. The Kier molecular flexibility index (Phi) is 5.87. The largest absolute Gasteiger partial charge is 0.348 e.